The molecule has 0 aliphatic carbocycles. The van der Waals surface area contributed by atoms with Crippen LogP contribution in [-0.4, -0.2) is 12.1 Å². The van der Waals surface area contributed by atoms with Gasteiger partial charge in [-0.25, -0.2) is 0 Å². The monoisotopic (exact) mass is 259 g/mol. The lowest BCUT2D eigenvalue weighted by Gasteiger charge is -2.34. The summed E-state index contributed by atoms with van der Waals surface area (Å²) in [6.07, 6.45) is 2.93. The number of hydrogen-bond acceptors (Lipinski definition) is 3. The first-order valence-electron chi connectivity index (χ1n) is 6.27. The number of para-hydroxylation sites is 1. The fourth-order valence-electron chi connectivity index (χ4n) is 2.43. The highest BCUT2D eigenvalue weighted by atomic mass is 32.1. The minimum atomic E-state index is -0.224. The molecule has 0 bridgehead atoms. The average molecular weight is 259 g/mol. The number of aryl methyl sites for hydroxylation is 1. The number of thiophene rings is 1. The van der Waals surface area contributed by atoms with Gasteiger partial charge >= 0.3 is 0 Å². The summed E-state index contributed by atoms with van der Waals surface area (Å²) in [6, 6.07) is 12.5. The Morgan fingerprint density at radius 1 is 1.22 bits per heavy atom. The van der Waals surface area contributed by atoms with Crippen molar-refractivity contribution in [2.24, 2.45) is 5.73 Å². The lowest BCUT2D eigenvalue weighted by Crippen LogP contribution is -2.50. The smallest absolute Gasteiger partial charge is 0.122 e. The van der Waals surface area contributed by atoms with Crippen LogP contribution in [0.5, 0.6) is 5.75 Å². The average Bonchev–Trinajstić information content (AvgIpc) is 2.90. The van der Waals surface area contributed by atoms with Crippen LogP contribution < -0.4 is 10.5 Å². The fraction of sp³-hybridized carbons (Fsp3) is 0.333. The van der Waals surface area contributed by atoms with Gasteiger partial charge in [0, 0.05) is 4.88 Å². The standard InChI is InChI=1S/C15H17NOS/c16-15(8-7-13-5-3-9-18-13)10-12-4-1-2-6-14(12)17-11-15/h1-6,9H,7-8,10-11,16H2. The molecule has 0 fully saturated rings. The first-order chi connectivity index (χ1) is 8.75. The van der Waals surface area contributed by atoms with Crippen molar-refractivity contribution in [3.63, 3.8) is 0 Å². The Morgan fingerprint density at radius 2 is 2.11 bits per heavy atom. The van der Waals surface area contributed by atoms with E-state index < -0.39 is 0 Å². The molecule has 2 N–H and O–H groups in total. The topological polar surface area (TPSA) is 35.2 Å². The second-order valence-corrected chi connectivity index (χ2v) is 6.05. The summed E-state index contributed by atoms with van der Waals surface area (Å²) in [7, 11) is 0. The van der Waals surface area contributed by atoms with Gasteiger partial charge in [0.05, 0.1) is 5.54 Å². The second kappa shape index (κ2) is 4.75. The van der Waals surface area contributed by atoms with Crippen molar-refractivity contribution in [2.75, 3.05) is 6.61 Å². The van der Waals surface area contributed by atoms with Crippen LogP contribution in [0.4, 0.5) is 0 Å². The summed E-state index contributed by atoms with van der Waals surface area (Å²) in [4.78, 5) is 1.40. The normalized spacial score (nSPS) is 22.3. The SMILES string of the molecule is NC1(CCc2cccs2)COc2ccccc2C1. The van der Waals surface area contributed by atoms with Gasteiger partial charge in [0.15, 0.2) is 0 Å². The summed E-state index contributed by atoms with van der Waals surface area (Å²) in [5.41, 5.74) is 7.48. The maximum Gasteiger partial charge on any atom is 0.122 e. The molecule has 18 heavy (non-hydrogen) atoms. The van der Waals surface area contributed by atoms with E-state index in [1.807, 2.05) is 18.2 Å². The lowest BCUT2D eigenvalue weighted by molar-refractivity contribution is 0.182. The molecule has 2 aromatic rings. The van der Waals surface area contributed by atoms with Crippen molar-refractivity contribution in [3.05, 3.63) is 52.2 Å². The van der Waals surface area contributed by atoms with E-state index in [1.165, 1.54) is 10.4 Å². The van der Waals surface area contributed by atoms with Crippen LogP contribution in [0.2, 0.25) is 0 Å². The van der Waals surface area contributed by atoms with Gasteiger partial charge in [0.25, 0.3) is 0 Å². The second-order valence-electron chi connectivity index (χ2n) is 5.01. The van der Waals surface area contributed by atoms with Gasteiger partial charge < -0.3 is 10.5 Å². The van der Waals surface area contributed by atoms with Gasteiger partial charge in [-0.2, -0.15) is 0 Å². The van der Waals surface area contributed by atoms with E-state index in [2.05, 4.69) is 23.6 Å². The van der Waals surface area contributed by atoms with Gasteiger partial charge in [-0.3, -0.25) is 0 Å². The van der Waals surface area contributed by atoms with Crippen LogP contribution in [0.15, 0.2) is 41.8 Å². The molecule has 3 rings (SSSR count). The highest BCUT2D eigenvalue weighted by molar-refractivity contribution is 7.09. The first kappa shape index (κ1) is 11.8. The lowest BCUT2D eigenvalue weighted by atomic mass is 9.86. The van der Waals surface area contributed by atoms with E-state index in [0.29, 0.717) is 6.61 Å². The number of benzene rings is 1. The van der Waals surface area contributed by atoms with Crippen molar-refractivity contribution in [1.29, 1.82) is 0 Å². The molecule has 0 amide bonds. The van der Waals surface area contributed by atoms with Gasteiger partial charge in [0.2, 0.25) is 0 Å². The number of fused-ring (bicyclic) bond motifs is 1. The molecule has 1 atom stereocenters. The maximum atomic E-state index is 6.47. The quantitative estimate of drug-likeness (QED) is 0.919. The van der Waals surface area contributed by atoms with Crippen molar-refractivity contribution >= 4 is 11.3 Å². The van der Waals surface area contributed by atoms with Crippen molar-refractivity contribution < 1.29 is 4.74 Å². The molecule has 1 aliphatic rings. The summed E-state index contributed by atoms with van der Waals surface area (Å²) in [5.74, 6) is 0.995. The number of ether oxygens (including phenoxy) is 1. The molecule has 94 valence electrons. The molecule has 1 aromatic carbocycles. The zero-order valence-corrected chi connectivity index (χ0v) is 11.1. The molecule has 1 aliphatic heterocycles. The van der Waals surface area contributed by atoms with E-state index in [-0.39, 0.29) is 5.54 Å². The molecule has 1 unspecified atom stereocenters. The zero-order chi connectivity index (χ0) is 12.4. The summed E-state index contributed by atoms with van der Waals surface area (Å²) >= 11 is 1.80. The predicted octanol–water partition coefficient (Wildman–Crippen LogP) is 3.01. The Morgan fingerprint density at radius 3 is 2.94 bits per heavy atom. The Kier molecular flexibility index (Phi) is 3.10. The summed E-state index contributed by atoms with van der Waals surface area (Å²) in [6.45, 7) is 0.620. The van der Waals surface area contributed by atoms with Crippen LogP contribution >= 0.6 is 11.3 Å². The third-order valence-electron chi connectivity index (χ3n) is 3.48. The maximum absolute atomic E-state index is 6.47. The first-order valence-corrected chi connectivity index (χ1v) is 7.15. The van der Waals surface area contributed by atoms with Crippen LogP contribution in [0.1, 0.15) is 16.9 Å². The Labute approximate surface area is 111 Å². The van der Waals surface area contributed by atoms with E-state index in [9.17, 15) is 0 Å². The fourth-order valence-corrected chi connectivity index (χ4v) is 3.14. The third kappa shape index (κ3) is 2.42. The molecule has 0 spiro atoms. The van der Waals surface area contributed by atoms with Gasteiger partial charge in [0.1, 0.15) is 12.4 Å². The van der Waals surface area contributed by atoms with Crippen molar-refractivity contribution in [2.45, 2.75) is 24.8 Å². The molecule has 0 radical (unpaired) electrons. The number of hydrogen-bond donors (Lipinski definition) is 1. The number of rotatable bonds is 3. The summed E-state index contributed by atoms with van der Waals surface area (Å²) in [5, 5.41) is 2.12. The van der Waals surface area contributed by atoms with Crippen LogP contribution in [0.3, 0.4) is 0 Å². The highest BCUT2D eigenvalue weighted by Crippen LogP contribution is 2.30. The largest absolute Gasteiger partial charge is 0.491 e. The molecular formula is C15H17NOS. The molecule has 3 heteroatoms. The van der Waals surface area contributed by atoms with Crippen molar-refractivity contribution in [3.8, 4) is 5.75 Å². The Hall–Kier alpha value is -1.32. The van der Waals surface area contributed by atoms with E-state index in [0.717, 1.165) is 25.0 Å². The van der Waals surface area contributed by atoms with E-state index >= 15 is 0 Å². The molecule has 0 saturated carbocycles. The van der Waals surface area contributed by atoms with Crippen LogP contribution in [0.25, 0.3) is 0 Å². The van der Waals surface area contributed by atoms with Gasteiger partial charge in [-0.05, 0) is 42.3 Å². The van der Waals surface area contributed by atoms with Gasteiger partial charge in [-0.15, -0.1) is 11.3 Å². The van der Waals surface area contributed by atoms with Crippen LogP contribution in [0, 0.1) is 0 Å². The number of nitrogens with two attached hydrogens (primary N) is 1. The molecule has 2 heterocycles. The minimum absolute atomic E-state index is 0.224. The third-order valence-corrected chi connectivity index (χ3v) is 4.42. The molecular weight excluding hydrogens is 242 g/mol. The molecule has 1 aromatic heterocycles. The Bertz CT molecular complexity index is 523. The van der Waals surface area contributed by atoms with Crippen LogP contribution in [-0.2, 0) is 12.8 Å². The van der Waals surface area contributed by atoms with E-state index in [1.54, 1.807) is 11.3 Å². The highest BCUT2D eigenvalue weighted by Gasteiger charge is 2.31. The Balaban J connectivity index is 1.69. The molecule has 2 nitrogen and oxygen atoms in total. The summed E-state index contributed by atoms with van der Waals surface area (Å²) < 4.78 is 5.79. The van der Waals surface area contributed by atoms with Gasteiger partial charge in [-0.1, -0.05) is 24.3 Å². The van der Waals surface area contributed by atoms with Crippen molar-refractivity contribution in [1.82, 2.24) is 0 Å². The molecule has 0 saturated heterocycles. The van der Waals surface area contributed by atoms with E-state index in [4.69, 9.17) is 10.5 Å². The minimum Gasteiger partial charge on any atom is -0.491 e. The predicted molar refractivity (Wildman–Crippen MR) is 75.2 cm³/mol. The zero-order valence-electron chi connectivity index (χ0n) is 10.3.